The molecule has 1 aromatic heterocycles. The monoisotopic (exact) mass is 497 g/mol. The van der Waals surface area contributed by atoms with Gasteiger partial charge in [-0.2, -0.15) is 18.3 Å². The highest BCUT2D eigenvalue weighted by Crippen LogP contribution is 2.39. The Labute approximate surface area is 198 Å². The number of carbonyl (C=O) groups excluding carboxylic acids is 3. The lowest BCUT2D eigenvalue weighted by molar-refractivity contribution is -0.137. The number of likely N-dealkylation sites (N-methyl/N-ethyl adjacent to an activating group) is 1. The van der Waals surface area contributed by atoms with E-state index in [1.165, 1.54) is 11.0 Å². The number of aryl methyl sites for hydroxylation is 1. The fourth-order valence-electron chi connectivity index (χ4n) is 4.62. The van der Waals surface area contributed by atoms with Gasteiger partial charge in [0, 0.05) is 13.1 Å². The summed E-state index contributed by atoms with van der Waals surface area (Å²) in [6, 6.07) is 3.69. The van der Waals surface area contributed by atoms with Gasteiger partial charge in [-0.05, 0) is 38.0 Å². The molecule has 1 aliphatic carbocycles. The quantitative estimate of drug-likeness (QED) is 0.635. The number of urea groups is 1. The Bertz CT molecular complexity index is 1160. The molecular formula is C22H23ClF3N5O3. The van der Waals surface area contributed by atoms with Crippen LogP contribution in [0.3, 0.4) is 0 Å². The second-order valence-electron chi connectivity index (χ2n) is 8.62. The first kappa shape index (κ1) is 24.1. The van der Waals surface area contributed by atoms with Gasteiger partial charge in [-0.15, -0.1) is 0 Å². The number of anilines is 1. The van der Waals surface area contributed by atoms with Crippen LogP contribution in [0.2, 0.25) is 5.02 Å². The third-order valence-corrected chi connectivity index (χ3v) is 6.71. The molecule has 2 fully saturated rings. The summed E-state index contributed by atoms with van der Waals surface area (Å²) in [6.45, 7) is 1.08. The minimum absolute atomic E-state index is 0.00244. The van der Waals surface area contributed by atoms with Gasteiger partial charge < -0.3 is 10.2 Å². The van der Waals surface area contributed by atoms with E-state index in [2.05, 4.69) is 10.4 Å². The fourth-order valence-corrected chi connectivity index (χ4v) is 4.82. The number of imide groups is 1. The molecule has 4 amide bonds. The zero-order chi connectivity index (χ0) is 24.8. The van der Waals surface area contributed by atoms with Crippen molar-refractivity contribution < 1.29 is 27.6 Å². The van der Waals surface area contributed by atoms with Crippen LogP contribution in [0, 0.1) is 6.92 Å². The Morgan fingerprint density at radius 3 is 2.50 bits per heavy atom. The zero-order valence-corrected chi connectivity index (χ0v) is 19.3. The number of hydrogen-bond acceptors (Lipinski definition) is 4. The molecule has 0 atom stereocenters. The maximum Gasteiger partial charge on any atom is 0.416 e. The lowest BCUT2D eigenvalue weighted by Crippen LogP contribution is -2.49. The van der Waals surface area contributed by atoms with Crippen molar-refractivity contribution >= 4 is 35.3 Å². The number of halogens is 4. The first-order chi connectivity index (χ1) is 15.9. The molecular weight excluding hydrogens is 475 g/mol. The van der Waals surface area contributed by atoms with Gasteiger partial charge in [-0.1, -0.05) is 30.9 Å². The number of nitrogens with one attached hydrogen (secondary N) is 1. The van der Waals surface area contributed by atoms with E-state index in [1.54, 1.807) is 14.0 Å². The summed E-state index contributed by atoms with van der Waals surface area (Å²) in [5.74, 6) is -1.03. The van der Waals surface area contributed by atoms with Crippen LogP contribution in [0.5, 0.6) is 0 Å². The molecule has 182 valence electrons. The Morgan fingerprint density at radius 2 is 1.85 bits per heavy atom. The van der Waals surface area contributed by atoms with Crippen LogP contribution in [0.4, 0.5) is 23.8 Å². The first-order valence-electron chi connectivity index (χ1n) is 10.8. The largest absolute Gasteiger partial charge is 0.416 e. The van der Waals surface area contributed by atoms with Gasteiger partial charge in [0.25, 0.3) is 5.91 Å². The van der Waals surface area contributed by atoms with Crippen LogP contribution in [0.1, 0.15) is 43.4 Å². The lowest BCUT2D eigenvalue weighted by Gasteiger charge is -2.35. The summed E-state index contributed by atoms with van der Waals surface area (Å²) < 4.78 is 40.7. The molecule has 1 spiro atoms. The maximum atomic E-state index is 13.2. The van der Waals surface area contributed by atoms with Crippen molar-refractivity contribution in [2.24, 2.45) is 0 Å². The van der Waals surface area contributed by atoms with Gasteiger partial charge in [-0.25, -0.2) is 9.48 Å². The SMILES string of the molecule is Cc1cc(NC(=O)CN2C(=O)N(C)C3(CCCCC3)C2=O)n(-c2cc(C(F)(F)F)ccc2Cl)n1. The van der Waals surface area contributed by atoms with E-state index >= 15 is 0 Å². The summed E-state index contributed by atoms with van der Waals surface area (Å²) in [6.07, 6.45) is -0.876. The van der Waals surface area contributed by atoms with Gasteiger partial charge in [0.05, 0.1) is 22.0 Å². The second-order valence-corrected chi connectivity index (χ2v) is 9.03. The molecule has 0 bridgehead atoms. The molecule has 4 rings (SSSR count). The molecule has 8 nitrogen and oxygen atoms in total. The van der Waals surface area contributed by atoms with Crippen LogP contribution in [-0.4, -0.2) is 56.6 Å². The molecule has 12 heteroatoms. The number of amides is 4. The van der Waals surface area contributed by atoms with Gasteiger partial charge in [0.15, 0.2) is 0 Å². The van der Waals surface area contributed by atoms with Crippen molar-refractivity contribution in [3.8, 4) is 5.69 Å². The number of hydrogen-bond donors (Lipinski definition) is 1. The fraction of sp³-hybridized carbons (Fsp3) is 0.455. The number of carbonyl (C=O) groups is 3. The predicted molar refractivity (Wildman–Crippen MR) is 118 cm³/mol. The van der Waals surface area contributed by atoms with Crippen LogP contribution in [0.15, 0.2) is 24.3 Å². The van der Waals surface area contributed by atoms with E-state index in [-0.39, 0.29) is 16.5 Å². The van der Waals surface area contributed by atoms with Crippen molar-refractivity contribution in [2.75, 3.05) is 18.9 Å². The van der Waals surface area contributed by atoms with Crippen molar-refractivity contribution in [2.45, 2.75) is 50.7 Å². The summed E-state index contributed by atoms with van der Waals surface area (Å²) in [4.78, 5) is 41.0. The highest BCUT2D eigenvalue weighted by Gasteiger charge is 2.55. The molecule has 2 aromatic rings. The molecule has 1 aliphatic heterocycles. The van der Waals surface area contributed by atoms with E-state index in [0.29, 0.717) is 18.5 Å². The van der Waals surface area contributed by atoms with Crippen LogP contribution in [-0.2, 0) is 15.8 Å². The molecule has 34 heavy (non-hydrogen) atoms. The number of aromatic nitrogens is 2. The number of nitrogens with zero attached hydrogens (tertiary/aromatic N) is 4. The van der Waals surface area contributed by atoms with E-state index in [9.17, 15) is 27.6 Å². The summed E-state index contributed by atoms with van der Waals surface area (Å²) >= 11 is 6.13. The van der Waals surface area contributed by atoms with E-state index < -0.39 is 41.7 Å². The van der Waals surface area contributed by atoms with E-state index in [1.807, 2.05) is 0 Å². The molecule has 2 heterocycles. The van der Waals surface area contributed by atoms with Gasteiger partial charge in [0.1, 0.15) is 17.9 Å². The summed E-state index contributed by atoms with van der Waals surface area (Å²) in [7, 11) is 1.57. The smallest absolute Gasteiger partial charge is 0.313 e. The van der Waals surface area contributed by atoms with E-state index in [0.717, 1.165) is 47.0 Å². The second kappa shape index (κ2) is 8.61. The Balaban J connectivity index is 1.57. The maximum absolute atomic E-state index is 13.2. The predicted octanol–water partition coefficient (Wildman–Crippen LogP) is 4.39. The molecule has 0 unspecified atom stereocenters. The van der Waals surface area contributed by atoms with Crippen LogP contribution in [0.25, 0.3) is 5.69 Å². The van der Waals surface area contributed by atoms with Crippen LogP contribution < -0.4 is 5.32 Å². The number of alkyl halides is 3. The molecule has 2 aliphatic rings. The van der Waals surface area contributed by atoms with Crippen molar-refractivity contribution in [3.05, 3.63) is 40.5 Å². The summed E-state index contributed by atoms with van der Waals surface area (Å²) in [5, 5.41) is 6.70. The third kappa shape index (κ3) is 4.13. The molecule has 1 aromatic carbocycles. The first-order valence-corrected chi connectivity index (χ1v) is 11.2. The topological polar surface area (TPSA) is 87.5 Å². The standard InChI is InChI=1S/C22H23ClF3N5O3/c1-13-10-17(31(28-13)16-11-14(22(24,25)26)6-7-15(16)23)27-18(32)12-30-19(33)21(29(2)20(30)34)8-4-3-5-9-21/h6-7,10-11H,3-5,8-9,12H2,1-2H3,(H,27,32). The Hall–Kier alpha value is -3.08. The number of benzene rings is 1. The normalized spacial score (nSPS) is 18.2. The van der Waals surface area contributed by atoms with Crippen LogP contribution >= 0.6 is 11.6 Å². The Morgan fingerprint density at radius 1 is 1.18 bits per heavy atom. The number of rotatable bonds is 4. The minimum Gasteiger partial charge on any atom is -0.313 e. The average Bonchev–Trinajstić information content (AvgIpc) is 3.21. The van der Waals surface area contributed by atoms with Gasteiger partial charge in [0.2, 0.25) is 5.91 Å². The Kier molecular flexibility index (Phi) is 6.09. The molecule has 1 saturated carbocycles. The summed E-state index contributed by atoms with van der Waals surface area (Å²) in [5.41, 5.74) is -1.50. The zero-order valence-electron chi connectivity index (χ0n) is 18.6. The third-order valence-electron chi connectivity index (χ3n) is 6.39. The lowest BCUT2D eigenvalue weighted by atomic mass is 9.81. The molecule has 1 saturated heterocycles. The van der Waals surface area contributed by atoms with Crippen molar-refractivity contribution in [3.63, 3.8) is 0 Å². The molecule has 0 radical (unpaired) electrons. The highest BCUT2D eigenvalue weighted by atomic mass is 35.5. The van der Waals surface area contributed by atoms with Crippen molar-refractivity contribution in [1.82, 2.24) is 19.6 Å². The van der Waals surface area contributed by atoms with Gasteiger partial charge in [-0.3, -0.25) is 14.5 Å². The highest BCUT2D eigenvalue weighted by molar-refractivity contribution is 6.32. The molecule has 1 N–H and O–H groups in total. The van der Waals surface area contributed by atoms with Crippen molar-refractivity contribution in [1.29, 1.82) is 0 Å². The van der Waals surface area contributed by atoms with Gasteiger partial charge >= 0.3 is 12.2 Å². The van der Waals surface area contributed by atoms with E-state index in [4.69, 9.17) is 11.6 Å². The average molecular weight is 498 g/mol. The minimum atomic E-state index is -4.59.